The number of amides is 1. The maximum Gasteiger partial charge on any atom is 0.228 e. The quantitative estimate of drug-likeness (QED) is 0.874. The van der Waals surface area contributed by atoms with Crippen LogP contribution in [0, 0.1) is 6.92 Å². The summed E-state index contributed by atoms with van der Waals surface area (Å²) >= 11 is 3.41. The molecule has 0 aromatic heterocycles. The van der Waals surface area contributed by atoms with Gasteiger partial charge in [-0.2, -0.15) is 0 Å². The number of methoxy groups -OCH3 is 2. The third kappa shape index (κ3) is 4.01. The summed E-state index contributed by atoms with van der Waals surface area (Å²) in [5, 5.41) is 2.92. The molecule has 5 heteroatoms. The van der Waals surface area contributed by atoms with Gasteiger partial charge in [-0.15, -0.1) is 0 Å². The zero-order valence-corrected chi connectivity index (χ0v) is 14.4. The fraction of sp³-hybridized carbons (Fsp3) is 0.235. The van der Waals surface area contributed by atoms with E-state index in [0.717, 1.165) is 21.3 Å². The third-order valence-electron chi connectivity index (χ3n) is 3.31. The molecule has 0 radical (unpaired) electrons. The number of hydrogen-bond donors (Lipinski definition) is 1. The first-order chi connectivity index (χ1) is 10.5. The van der Waals surface area contributed by atoms with Gasteiger partial charge in [0.15, 0.2) is 0 Å². The number of nitrogens with one attached hydrogen (secondary N) is 1. The minimum absolute atomic E-state index is 0.0890. The average Bonchev–Trinajstić information content (AvgIpc) is 2.50. The lowest BCUT2D eigenvalue weighted by Gasteiger charge is -2.12. The molecule has 0 aliphatic rings. The van der Waals surface area contributed by atoms with Crippen LogP contribution >= 0.6 is 15.9 Å². The van der Waals surface area contributed by atoms with Crippen molar-refractivity contribution in [3.63, 3.8) is 0 Å². The molecule has 0 bridgehead atoms. The zero-order valence-electron chi connectivity index (χ0n) is 12.8. The summed E-state index contributed by atoms with van der Waals surface area (Å²) in [6, 6.07) is 11.2. The van der Waals surface area contributed by atoms with Crippen LogP contribution in [0.1, 0.15) is 11.1 Å². The molecule has 2 rings (SSSR count). The van der Waals surface area contributed by atoms with Gasteiger partial charge in [0.1, 0.15) is 11.5 Å². The van der Waals surface area contributed by atoms with Gasteiger partial charge in [-0.1, -0.05) is 22.0 Å². The Morgan fingerprint density at radius 3 is 2.55 bits per heavy atom. The number of carbonyl (C=O) groups is 1. The molecular formula is C17H18BrNO3. The fourth-order valence-corrected chi connectivity index (χ4v) is 2.61. The highest BCUT2D eigenvalue weighted by Crippen LogP contribution is 2.26. The van der Waals surface area contributed by atoms with Gasteiger partial charge in [0.2, 0.25) is 5.91 Å². The van der Waals surface area contributed by atoms with Crippen LogP contribution in [-0.4, -0.2) is 20.1 Å². The number of carbonyl (C=O) groups excluding carboxylic acids is 1. The molecule has 4 nitrogen and oxygen atoms in total. The molecule has 2 aromatic rings. The topological polar surface area (TPSA) is 47.6 Å². The van der Waals surface area contributed by atoms with E-state index in [4.69, 9.17) is 9.47 Å². The lowest BCUT2D eigenvalue weighted by molar-refractivity contribution is -0.115. The molecule has 1 N–H and O–H groups in total. The van der Waals surface area contributed by atoms with Crippen molar-refractivity contribution in [3.05, 3.63) is 52.0 Å². The second kappa shape index (κ2) is 7.31. The third-order valence-corrected chi connectivity index (χ3v) is 3.80. The largest absolute Gasteiger partial charge is 0.497 e. The SMILES string of the molecule is COc1ccc(CC(=O)Nc2ccc(Br)cc2C)c(OC)c1. The summed E-state index contributed by atoms with van der Waals surface area (Å²) in [5.74, 6) is 1.25. The number of anilines is 1. The lowest BCUT2D eigenvalue weighted by atomic mass is 10.1. The van der Waals surface area contributed by atoms with Crippen LogP contribution in [0.4, 0.5) is 5.69 Å². The summed E-state index contributed by atoms with van der Waals surface area (Å²) in [6.07, 6.45) is 0.239. The summed E-state index contributed by atoms with van der Waals surface area (Å²) < 4.78 is 11.5. The van der Waals surface area contributed by atoms with Crippen molar-refractivity contribution < 1.29 is 14.3 Å². The van der Waals surface area contributed by atoms with Crippen LogP contribution in [0.2, 0.25) is 0 Å². The van der Waals surface area contributed by atoms with E-state index in [-0.39, 0.29) is 12.3 Å². The standard InChI is InChI=1S/C17H18BrNO3/c1-11-8-13(18)5-7-15(11)19-17(20)9-12-4-6-14(21-2)10-16(12)22-3/h4-8,10H,9H2,1-3H3,(H,19,20). The summed E-state index contributed by atoms with van der Waals surface area (Å²) in [7, 11) is 3.17. The predicted octanol–water partition coefficient (Wildman–Crippen LogP) is 3.96. The van der Waals surface area contributed by atoms with Crippen LogP contribution in [0.5, 0.6) is 11.5 Å². The molecule has 0 spiro atoms. The summed E-state index contributed by atoms with van der Waals surface area (Å²) in [4.78, 5) is 12.2. The van der Waals surface area contributed by atoms with Crippen LogP contribution in [0.15, 0.2) is 40.9 Å². The van der Waals surface area contributed by atoms with Gasteiger partial charge < -0.3 is 14.8 Å². The van der Waals surface area contributed by atoms with Crippen molar-refractivity contribution in [3.8, 4) is 11.5 Å². The Kier molecular flexibility index (Phi) is 5.44. The van der Waals surface area contributed by atoms with Gasteiger partial charge in [-0.3, -0.25) is 4.79 Å². The minimum Gasteiger partial charge on any atom is -0.497 e. The fourth-order valence-electron chi connectivity index (χ4n) is 2.13. The number of ether oxygens (including phenoxy) is 2. The van der Waals surface area contributed by atoms with Crippen molar-refractivity contribution in [2.24, 2.45) is 0 Å². The molecule has 1 amide bonds. The molecule has 0 saturated carbocycles. The maximum atomic E-state index is 12.2. The van der Waals surface area contributed by atoms with Crippen LogP contribution in [0.3, 0.4) is 0 Å². The molecule has 0 aliphatic heterocycles. The number of aryl methyl sites for hydroxylation is 1. The Bertz CT molecular complexity index is 686. The first kappa shape index (κ1) is 16.4. The Morgan fingerprint density at radius 2 is 1.91 bits per heavy atom. The molecule has 22 heavy (non-hydrogen) atoms. The van der Waals surface area contributed by atoms with E-state index in [2.05, 4.69) is 21.2 Å². The highest BCUT2D eigenvalue weighted by Gasteiger charge is 2.11. The smallest absolute Gasteiger partial charge is 0.228 e. The van der Waals surface area contributed by atoms with Crippen LogP contribution < -0.4 is 14.8 Å². The van der Waals surface area contributed by atoms with Crippen LogP contribution in [-0.2, 0) is 11.2 Å². The van der Waals surface area contributed by atoms with Crippen molar-refractivity contribution in [2.75, 3.05) is 19.5 Å². The molecule has 0 unspecified atom stereocenters. The van der Waals surface area contributed by atoms with Crippen LogP contribution in [0.25, 0.3) is 0 Å². The first-order valence-corrected chi connectivity index (χ1v) is 7.59. The van der Waals surface area contributed by atoms with Gasteiger partial charge in [-0.05, 0) is 36.8 Å². The Hall–Kier alpha value is -2.01. The highest BCUT2D eigenvalue weighted by atomic mass is 79.9. The van der Waals surface area contributed by atoms with E-state index >= 15 is 0 Å². The van der Waals surface area contributed by atoms with Gasteiger partial charge in [0.05, 0.1) is 20.6 Å². The molecule has 0 fully saturated rings. The Labute approximate surface area is 138 Å². The summed E-state index contributed by atoms with van der Waals surface area (Å²) in [5.41, 5.74) is 2.63. The molecule has 0 aliphatic carbocycles. The minimum atomic E-state index is -0.0890. The van der Waals surface area contributed by atoms with Crippen molar-refractivity contribution in [1.29, 1.82) is 0 Å². The Balaban J connectivity index is 2.12. The van der Waals surface area contributed by atoms with E-state index in [1.807, 2.05) is 37.3 Å². The van der Waals surface area contributed by atoms with E-state index in [1.54, 1.807) is 20.3 Å². The van der Waals surface area contributed by atoms with E-state index in [1.165, 1.54) is 0 Å². The maximum absolute atomic E-state index is 12.2. The summed E-state index contributed by atoms with van der Waals surface area (Å²) in [6.45, 7) is 1.95. The number of rotatable bonds is 5. The average molecular weight is 364 g/mol. The van der Waals surface area contributed by atoms with Gasteiger partial charge in [-0.25, -0.2) is 0 Å². The van der Waals surface area contributed by atoms with Crippen molar-refractivity contribution in [1.82, 2.24) is 0 Å². The predicted molar refractivity (Wildman–Crippen MR) is 90.8 cm³/mol. The van der Waals surface area contributed by atoms with Gasteiger partial charge >= 0.3 is 0 Å². The van der Waals surface area contributed by atoms with E-state index in [9.17, 15) is 4.79 Å². The second-order valence-electron chi connectivity index (χ2n) is 4.86. The van der Waals surface area contributed by atoms with Crippen molar-refractivity contribution >= 4 is 27.5 Å². The first-order valence-electron chi connectivity index (χ1n) is 6.80. The molecular weight excluding hydrogens is 346 g/mol. The highest BCUT2D eigenvalue weighted by molar-refractivity contribution is 9.10. The van der Waals surface area contributed by atoms with E-state index < -0.39 is 0 Å². The van der Waals surface area contributed by atoms with Gasteiger partial charge in [0, 0.05) is 21.8 Å². The normalized spacial score (nSPS) is 10.2. The monoisotopic (exact) mass is 363 g/mol. The Morgan fingerprint density at radius 1 is 1.14 bits per heavy atom. The van der Waals surface area contributed by atoms with Crippen molar-refractivity contribution in [2.45, 2.75) is 13.3 Å². The molecule has 0 saturated heterocycles. The van der Waals surface area contributed by atoms with E-state index in [0.29, 0.717) is 11.5 Å². The molecule has 2 aromatic carbocycles. The number of hydrogen-bond acceptors (Lipinski definition) is 3. The zero-order chi connectivity index (χ0) is 16.1. The lowest BCUT2D eigenvalue weighted by Crippen LogP contribution is -2.15. The molecule has 0 atom stereocenters. The number of halogens is 1. The second-order valence-corrected chi connectivity index (χ2v) is 5.78. The van der Waals surface area contributed by atoms with Gasteiger partial charge in [0.25, 0.3) is 0 Å². The number of benzene rings is 2. The molecule has 0 heterocycles. The molecule has 116 valence electrons.